The van der Waals surface area contributed by atoms with Gasteiger partial charge in [0.25, 0.3) is 0 Å². The monoisotopic (exact) mass is 155 g/mol. The molecule has 5 heteroatoms. The van der Waals surface area contributed by atoms with Crippen LogP contribution in [-0.2, 0) is 0 Å². The van der Waals surface area contributed by atoms with Crippen LogP contribution in [0.1, 0.15) is 0 Å². The van der Waals surface area contributed by atoms with Crippen molar-refractivity contribution < 1.29 is 0 Å². The summed E-state index contributed by atoms with van der Waals surface area (Å²) in [6, 6.07) is 0. The Hall–Kier alpha value is -1.36. The lowest BCUT2D eigenvalue weighted by molar-refractivity contribution is 0.642. The van der Waals surface area contributed by atoms with Crippen molar-refractivity contribution in [3.8, 4) is 0 Å². The molecular weight excluding hydrogens is 142 g/mol. The molecule has 0 spiro atoms. The molecule has 0 saturated heterocycles. The highest BCUT2D eigenvalue weighted by Crippen LogP contribution is 1.90. The van der Waals surface area contributed by atoms with E-state index in [1.165, 1.54) is 6.34 Å². The molecule has 62 valence electrons. The maximum absolute atomic E-state index is 4.93. The topological polar surface area (TPSA) is 66.0 Å². The Labute approximate surface area is 66.3 Å². The zero-order chi connectivity index (χ0) is 8.69. The van der Waals surface area contributed by atoms with Crippen molar-refractivity contribution in [3.63, 3.8) is 0 Å². The van der Waals surface area contributed by atoms with Crippen LogP contribution in [0.4, 0.5) is 0 Å². The van der Waals surface area contributed by atoms with Crippen LogP contribution in [0.3, 0.4) is 0 Å². The highest BCUT2D eigenvalue weighted by atomic mass is 15.2. The van der Waals surface area contributed by atoms with Crippen molar-refractivity contribution in [1.82, 2.24) is 10.3 Å². The van der Waals surface area contributed by atoms with E-state index in [1.54, 1.807) is 11.2 Å². The third-order valence-corrected chi connectivity index (χ3v) is 0.726. The Balaban J connectivity index is 3.78. The molecule has 0 unspecified atom stereocenters. The average Bonchev–Trinajstić information content (AvgIpc) is 1.97. The molecule has 5 nitrogen and oxygen atoms in total. The Kier molecular flexibility index (Phi) is 4.76. The number of hydrazine groups is 1. The lowest BCUT2D eigenvalue weighted by Crippen LogP contribution is -2.18. The van der Waals surface area contributed by atoms with Crippen molar-refractivity contribution in [1.29, 1.82) is 0 Å². The SMILES string of the molecule is C=C(/N=C\NN)/N=C/N(C)C. The number of nitrogens with zero attached hydrogens (tertiary/aromatic N) is 3. The van der Waals surface area contributed by atoms with Crippen LogP contribution in [0.2, 0.25) is 0 Å². The van der Waals surface area contributed by atoms with Gasteiger partial charge in [-0.2, -0.15) is 0 Å². The molecule has 0 aliphatic heterocycles. The fraction of sp³-hybridized carbons (Fsp3) is 0.333. The second-order valence-electron chi connectivity index (χ2n) is 2.05. The number of aliphatic imine (C=N–C) groups is 2. The summed E-state index contributed by atoms with van der Waals surface area (Å²) in [4.78, 5) is 9.40. The van der Waals surface area contributed by atoms with Crippen molar-refractivity contribution in [3.05, 3.63) is 12.4 Å². The van der Waals surface area contributed by atoms with E-state index < -0.39 is 0 Å². The Morgan fingerprint density at radius 1 is 1.55 bits per heavy atom. The predicted molar refractivity (Wildman–Crippen MR) is 47.1 cm³/mol. The van der Waals surface area contributed by atoms with E-state index in [2.05, 4.69) is 22.0 Å². The van der Waals surface area contributed by atoms with Crippen molar-refractivity contribution >= 4 is 12.7 Å². The van der Waals surface area contributed by atoms with Gasteiger partial charge in [-0.25, -0.2) is 15.8 Å². The number of hydrogen-bond acceptors (Lipinski definition) is 3. The minimum absolute atomic E-state index is 0.400. The third kappa shape index (κ3) is 6.53. The van der Waals surface area contributed by atoms with Crippen LogP contribution in [0.5, 0.6) is 0 Å². The molecule has 0 aromatic heterocycles. The van der Waals surface area contributed by atoms with Gasteiger partial charge in [0.1, 0.15) is 12.2 Å². The zero-order valence-corrected chi connectivity index (χ0v) is 6.78. The average molecular weight is 155 g/mol. The van der Waals surface area contributed by atoms with Gasteiger partial charge in [0.05, 0.1) is 6.34 Å². The maximum atomic E-state index is 4.93. The normalized spacial score (nSPS) is 10.8. The number of hydrogen-bond donors (Lipinski definition) is 2. The molecule has 0 radical (unpaired) electrons. The molecule has 0 aliphatic carbocycles. The van der Waals surface area contributed by atoms with Gasteiger partial charge in [0, 0.05) is 14.1 Å². The molecule has 0 aromatic carbocycles. The van der Waals surface area contributed by atoms with E-state index >= 15 is 0 Å². The molecule has 0 saturated carbocycles. The predicted octanol–water partition coefficient (Wildman–Crippen LogP) is -0.461. The number of nitrogens with two attached hydrogens (primary N) is 1. The smallest absolute Gasteiger partial charge is 0.148 e. The highest BCUT2D eigenvalue weighted by molar-refractivity contribution is 5.58. The third-order valence-electron chi connectivity index (χ3n) is 0.726. The van der Waals surface area contributed by atoms with E-state index in [1.807, 2.05) is 14.1 Å². The first kappa shape index (κ1) is 9.64. The van der Waals surface area contributed by atoms with Gasteiger partial charge < -0.3 is 10.3 Å². The van der Waals surface area contributed by atoms with Crippen molar-refractivity contribution in [2.45, 2.75) is 0 Å². The van der Waals surface area contributed by atoms with Gasteiger partial charge in [-0.15, -0.1) is 0 Å². The summed E-state index contributed by atoms with van der Waals surface area (Å²) in [5, 5.41) is 0. The molecule has 0 aliphatic rings. The highest BCUT2D eigenvalue weighted by Gasteiger charge is 1.80. The Morgan fingerprint density at radius 2 is 2.18 bits per heavy atom. The van der Waals surface area contributed by atoms with Gasteiger partial charge in [0.2, 0.25) is 0 Å². The molecule has 0 atom stereocenters. The van der Waals surface area contributed by atoms with Crippen molar-refractivity contribution in [2.75, 3.05) is 14.1 Å². The van der Waals surface area contributed by atoms with E-state index in [0.717, 1.165) is 0 Å². The van der Waals surface area contributed by atoms with Gasteiger partial charge in [-0.1, -0.05) is 6.58 Å². The zero-order valence-electron chi connectivity index (χ0n) is 6.78. The molecule has 0 fully saturated rings. The molecule has 0 aromatic rings. The molecule has 3 N–H and O–H groups in total. The van der Waals surface area contributed by atoms with Gasteiger partial charge in [-0.3, -0.25) is 0 Å². The van der Waals surface area contributed by atoms with Crippen molar-refractivity contribution in [2.24, 2.45) is 15.8 Å². The number of nitrogens with one attached hydrogen (secondary N) is 1. The first-order valence-electron chi connectivity index (χ1n) is 3.05. The fourth-order valence-electron chi connectivity index (χ4n) is 0.327. The lowest BCUT2D eigenvalue weighted by Gasteiger charge is -2.00. The number of rotatable bonds is 4. The molecule has 0 heterocycles. The Morgan fingerprint density at radius 3 is 2.64 bits per heavy atom. The standard InChI is InChI=1S/C6H13N5/c1-6(8-4-10-7)9-5-11(2)3/h4-5H,1,7H2,2-3H3,(H,8,10)/b9-5+. The van der Waals surface area contributed by atoms with Gasteiger partial charge in [-0.05, 0) is 0 Å². The van der Waals surface area contributed by atoms with E-state index in [-0.39, 0.29) is 0 Å². The quantitative estimate of drug-likeness (QED) is 0.250. The van der Waals surface area contributed by atoms with Crippen LogP contribution >= 0.6 is 0 Å². The molecule has 0 bridgehead atoms. The summed E-state index contributed by atoms with van der Waals surface area (Å²) in [6.45, 7) is 3.55. The summed E-state index contributed by atoms with van der Waals surface area (Å²) in [7, 11) is 3.73. The van der Waals surface area contributed by atoms with Crippen LogP contribution in [-0.4, -0.2) is 31.7 Å². The van der Waals surface area contributed by atoms with E-state index in [9.17, 15) is 0 Å². The van der Waals surface area contributed by atoms with Crippen LogP contribution in [0, 0.1) is 0 Å². The van der Waals surface area contributed by atoms with Crippen LogP contribution in [0.25, 0.3) is 0 Å². The Bertz CT molecular complexity index is 170. The summed E-state index contributed by atoms with van der Waals surface area (Å²) >= 11 is 0. The molecule has 0 rings (SSSR count). The molecule has 0 amide bonds. The molecule has 11 heavy (non-hydrogen) atoms. The largest absolute Gasteiger partial charge is 0.369 e. The van der Waals surface area contributed by atoms with Crippen LogP contribution < -0.4 is 11.3 Å². The minimum atomic E-state index is 0.400. The van der Waals surface area contributed by atoms with E-state index in [4.69, 9.17) is 5.84 Å². The second kappa shape index (κ2) is 5.43. The van der Waals surface area contributed by atoms with Gasteiger partial charge >= 0.3 is 0 Å². The first-order chi connectivity index (χ1) is 5.16. The molecular formula is C6H13N5. The lowest BCUT2D eigenvalue weighted by atomic mass is 10.8. The fourth-order valence-corrected chi connectivity index (χ4v) is 0.327. The summed E-state index contributed by atoms with van der Waals surface area (Å²) in [6.07, 6.45) is 2.92. The van der Waals surface area contributed by atoms with E-state index in [0.29, 0.717) is 5.82 Å². The second-order valence-corrected chi connectivity index (χ2v) is 2.05. The minimum Gasteiger partial charge on any atom is -0.369 e. The van der Waals surface area contributed by atoms with Crippen LogP contribution in [0.15, 0.2) is 22.4 Å². The summed E-state index contributed by atoms with van der Waals surface area (Å²) in [5.41, 5.74) is 2.25. The summed E-state index contributed by atoms with van der Waals surface area (Å²) in [5.74, 6) is 5.33. The van der Waals surface area contributed by atoms with Gasteiger partial charge in [0.15, 0.2) is 0 Å². The first-order valence-corrected chi connectivity index (χ1v) is 3.05. The maximum Gasteiger partial charge on any atom is 0.148 e. The summed E-state index contributed by atoms with van der Waals surface area (Å²) < 4.78 is 0.